The Labute approximate surface area is 207 Å². The van der Waals surface area contributed by atoms with E-state index in [1.807, 2.05) is 40.7 Å². The van der Waals surface area contributed by atoms with E-state index in [2.05, 4.69) is 58.0 Å². The summed E-state index contributed by atoms with van der Waals surface area (Å²) < 4.78 is 17.1. The Kier molecular flexibility index (Phi) is 9.75. The highest BCUT2D eigenvalue weighted by molar-refractivity contribution is 5.85. The van der Waals surface area contributed by atoms with Crippen molar-refractivity contribution in [1.29, 1.82) is 0 Å². The van der Waals surface area contributed by atoms with Crippen LogP contribution in [0.1, 0.15) is 83.6 Å². The third kappa shape index (κ3) is 6.63. The van der Waals surface area contributed by atoms with Crippen molar-refractivity contribution in [3.63, 3.8) is 0 Å². The van der Waals surface area contributed by atoms with Crippen LogP contribution in [0.15, 0.2) is 36.4 Å². The summed E-state index contributed by atoms with van der Waals surface area (Å²) in [5, 5.41) is 0. The molecule has 0 aliphatic carbocycles. The predicted molar refractivity (Wildman–Crippen MR) is 140 cm³/mol. The summed E-state index contributed by atoms with van der Waals surface area (Å²) >= 11 is 0. The highest BCUT2D eigenvalue weighted by Crippen LogP contribution is 2.41. The van der Waals surface area contributed by atoms with Gasteiger partial charge in [0.2, 0.25) is 0 Å². The van der Waals surface area contributed by atoms with E-state index in [1.54, 1.807) is 0 Å². The minimum Gasteiger partial charge on any atom is -0.491 e. The molecule has 0 N–H and O–H groups in total. The molecule has 1 aliphatic rings. The van der Waals surface area contributed by atoms with Crippen molar-refractivity contribution in [2.24, 2.45) is 5.41 Å². The smallest absolute Gasteiger partial charge is 0.175 e. The number of hydrogen-bond donors (Lipinski definition) is 0. The highest BCUT2D eigenvalue weighted by atomic mass is 16.6. The van der Waals surface area contributed by atoms with E-state index in [-0.39, 0.29) is 23.9 Å². The molecule has 1 atom stereocenters. The average Bonchev–Trinajstić information content (AvgIpc) is 3.64. The Morgan fingerprint density at radius 2 is 1.38 bits per heavy atom. The normalized spacial score (nSPS) is 15.3. The molecule has 0 aromatic heterocycles. The molecule has 1 fully saturated rings. The predicted octanol–water partition coefficient (Wildman–Crippen LogP) is 7.21. The number of epoxide rings is 1. The molecule has 188 valence electrons. The first-order valence-electron chi connectivity index (χ1n) is 12.7. The average molecular weight is 469 g/mol. The zero-order valence-corrected chi connectivity index (χ0v) is 22.7. The second kappa shape index (κ2) is 11.9. The van der Waals surface area contributed by atoms with Gasteiger partial charge in [-0.05, 0) is 61.1 Å². The number of benzene rings is 2. The van der Waals surface area contributed by atoms with Crippen LogP contribution >= 0.6 is 0 Å². The van der Waals surface area contributed by atoms with Gasteiger partial charge >= 0.3 is 0 Å². The Morgan fingerprint density at radius 1 is 0.912 bits per heavy atom. The summed E-state index contributed by atoms with van der Waals surface area (Å²) in [4.78, 5) is 12.3. The van der Waals surface area contributed by atoms with E-state index in [1.165, 1.54) is 11.1 Å². The van der Waals surface area contributed by atoms with Gasteiger partial charge in [0.05, 0.1) is 6.61 Å². The quantitative estimate of drug-likeness (QED) is 0.346. The molecule has 4 nitrogen and oxygen atoms in total. The first-order chi connectivity index (χ1) is 16.1. The SMILES string of the molecule is CC.CCC(CC)(c1ccc(OCC(=O)C(C)(C)C)c(C)c1)c1ccc(OCC2CO2)c(C)c1. The molecule has 1 saturated heterocycles. The summed E-state index contributed by atoms with van der Waals surface area (Å²) in [6, 6.07) is 12.9. The number of ether oxygens (including phenoxy) is 3. The van der Waals surface area contributed by atoms with Gasteiger partial charge in [-0.25, -0.2) is 0 Å². The maximum atomic E-state index is 12.3. The third-order valence-corrected chi connectivity index (χ3v) is 6.68. The Balaban J connectivity index is 0.00000199. The first kappa shape index (κ1) is 27.9. The zero-order chi connectivity index (χ0) is 25.5. The number of Topliss-reactive ketones (excluding diaryl/α,β-unsaturated/α-hetero) is 1. The molecule has 0 saturated carbocycles. The van der Waals surface area contributed by atoms with Gasteiger partial charge in [0.25, 0.3) is 0 Å². The van der Waals surface area contributed by atoms with E-state index in [0.29, 0.717) is 6.61 Å². The molecule has 0 amide bonds. The number of aryl methyl sites for hydroxylation is 2. The van der Waals surface area contributed by atoms with Gasteiger partial charge in [0.15, 0.2) is 5.78 Å². The molecule has 1 unspecified atom stereocenters. The topological polar surface area (TPSA) is 48.1 Å². The first-order valence-corrected chi connectivity index (χ1v) is 12.7. The zero-order valence-electron chi connectivity index (χ0n) is 22.7. The van der Waals surface area contributed by atoms with E-state index < -0.39 is 5.41 Å². The monoisotopic (exact) mass is 468 g/mol. The molecule has 2 aromatic rings. The van der Waals surface area contributed by atoms with Gasteiger partial charge in [0.1, 0.15) is 30.8 Å². The van der Waals surface area contributed by atoms with Crippen LogP contribution in [0.5, 0.6) is 11.5 Å². The fourth-order valence-corrected chi connectivity index (χ4v) is 4.16. The maximum Gasteiger partial charge on any atom is 0.175 e. The number of carbonyl (C=O) groups excluding carboxylic acids is 1. The summed E-state index contributed by atoms with van der Waals surface area (Å²) in [7, 11) is 0. The fourth-order valence-electron chi connectivity index (χ4n) is 4.16. The van der Waals surface area contributed by atoms with Crippen molar-refractivity contribution in [2.45, 2.75) is 86.7 Å². The highest BCUT2D eigenvalue weighted by Gasteiger charge is 2.32. The molecule has 34 heavy (non-hydrogen) atoms. The van der Waals surface area contributed by atoms with E-state index in [0.717, 1.165) is 42.1 Å². The van der Waals surface area contributed by atoms with Crippen LogP contribution in [0.3, 0.4) is 0 Å². The fraction of sp³-hybridized carbons (Fsp3) is 0.567. The maximum absolute atomic E-state index is 12.3. The van der Waals surface area contributed by atoms with E-state index in [4.69, 9.17) is 14.2 Å². The molecule has 4 heteroatoms. The molecule has 3 rings (SSSR count). The molecule has 0 bridgehead atoms. The van der Waals surface area contributed by atoms with Crippen LogP contribution < -0.4 is 9.47 Å². The van der Waals surface area contributed by atoms with E-state index in [9.17, 15) is 4.79 Å². The number of hydrogen-bond acceptors (Lipinski definition) is 4. The molecule has 0 radical (unpaired) electrons. The third-order valence-electron chi connectivity index (χ3n) is 6.68. The minimum atomic E-state index is -0.396. The Hall–Kier alpha value is -2.33. The minimum absolute atomic E-state index is 0.0899. The van der Waals surface area contributed by atoms with Crippen molar-refractivity contribution in [3.8, 4) is 11.5 Å². The van der Waals surface area contributed by atoms with Gasteiger partial charge in [-0.15, -0.1) is 0 Å². The molecular formula is C30H44O4. The van der Waals surface area contributed by atoms with Gasteiger partial charge in [-0.2, -0.15) is 0 Å². The lowest BCUT2D eigenvalue weighted by Crippen LogP contribution is -2.27. The van der Waals surface area contributed by atoms with Crippen LogP contribution in [-0.4, -0.2) is 31.7 Å². The lowest BCUT2D eigenvalue weighted by Gasteiger charge is -2.34. The molecule has 2 aromatic carbocycles. The summed E-state index contributed by atoms with van der Waals surface area (Å²) in [5.41, 5.74) is 4.28. The van der Waals surface area contributed by atoms with Crippen molar-refractivity contribution in [1.82, 2.24) is 0 Å². The van der Waals surface area contributed by atoms with Crippen molar-refractivity contribution in [3.05, 3.63) is 58.7 Å². The van der Waals surface area contributed by atoms with Crippen molar-refractivity contribution >= 4 is 5.78 Å². The lowest BCUT2D eigenvalue weighted by molar-refractivity contribution is -0.128. The number of carbonyl (C=O) groups is 1. The molecule has 0 spiro atoms. The summed E-state index contributed by atoms with van der Waals surface area (Å²) in [5.74, 6) is 1.80. The van der Waals surface area contributed by atoms with Crippen LogP contribution in [0.4, 0.5) is 0 Å². The van der Waals surface area contributed by atoms with Crippen molar-refractivity contribution < 1.29 is 19.0 Å². The largest absolute Gasteiger partial charge is 0.491 e. The van der Waals surface area contributed by atoms with Gasteiger partial charge in [-0.3, -0.25) is 4.79 Å². The standard InChI is InChI=1S/C28H38O4.C2H6/c1-8-28(9-2,21-10-12-24(19(3)14-21)31-17-23-16-30-23)22-11-13-25(20(4)15-22)32-18-26(29)27(5,6)7;1-2/h10-15,23H,8-9,16-18H2,1-7H3;1-2H3. The Bertz CT molecular complexity index is 947. The number of ketones is 1. The van der Waals surface area contributed by atoms with Crippen LogP contribution in [-0.2, 0) is 14.9 Å². The molecule has 1 heterocycles. The molecular weight excluding hydrogens is 424 g/mol. The Morgan fingerprint density at radius 3 is 1.76 bits per heavy atom. The van der Waals surface area contributed by atoms with Gasteiger partial charge in [0, 0.05) is 10.8 Å². The van der Waals surface area contributed by atoms with Gasteiger partial charge < -0.3 is 14.2 Å². The van der Waals surface area contributed by atoms with Crippen LogP contribution in [0.2, 0.25) is 0 Å². The van der Waals surface area contributed by atoms with Gasteiger partial charge in [-0.1, -0.05) is 72.7 Å². The van der Waals surface area contributed by atoms with E-state index >= 15 is 0 Å². The second-order valence-electron chi connectivity index (χ2n) is 9.98. The summed E-state index contributed by atoms with van der Waals surface area (Å²) in [6.07, 6.45) is 2.23. The van der Waals surface area contributed by atoms with Crippen molar-refractivity contribution in [2.75, 3.05) is 19.8 Å². The lowest BCUT2D eigenvalue weighted by atomic mass is 9.70. The van der Waals surface area contributed by atoms with Crippen LogP contribution in [0, 0.1) is 19.3 Å². The number of rotatable bonds is 10. The second-order valence-corrected chi connectivity index (χ2v) is 9.98. The van der Waals surface area contributed by atoms with Crippen LogP contribution in [0.25, 0.3) is 0 Å². The molecule has 1 aliphatic heterocycles. The summed E-state index contributed by atoms with van der Waals surface area (Å²) in [6.45, 7) is 19.9.